The first-order valence-corrected chi connectivity index (χ1v) is 7.45. The second kappa shape index (κ2) is 6.85. The lowest BCUT2D eigenvalue weighted by atomic mass is 9.92. The van der Waals surface area contributed by atoms with E-state index in [-0.39, 0.29) is 0 Å². The lowest BCUT2D eigenvalue weighted by Gasteiger charge is -2.35. The largest absolute Gasteiger partial charge is 0.355 e. The average Bonchev–Trinajstić information content (AvgIpc) is 2.38. The van der Waals surface area contributed by atoms with Crippen molar-refractivity contribution < 1.29 is 0 Å². The smallest absolute Gasteiger partial charge is 0.147 e. The van der Waals surface area contributed by atoms with Crippen LogP contribution in [-0.2, 0) is 6.54 Å². The third kappa shape index (κ3) is 4.16. The normalized spacial score (nSPS) is 23.6. The van der Waals surface area contributed by atoms with Gasteiger partial charge in [0, 0.05) is 25.8 Å². The minimum Gasteiger partial charge on any atom is -0.355 e. The molecule has 2 rings (SSSR count). The van der Waals surface area contributed by atoms with E-state index >= 15 is 0 Å². The van der Waals surface area contributed by atoms with E-state index in [2.05, 4.69) is 36.0 Å². The van der Waals surface area contributed by atoms with E-state index in [4.69, 9.17) is 4.98 Å². The predicted octanol–water partition coefficient (Wildman–Crippen LogP) is 2.46. The summed E-state index contributed by atoms with van der Waals surface area (Å²) in [4.78, 5) is 11.5. The van der Waals surface area contributed by atoms with Gasteiger partial charge in [0.2, 0.25) is 0 Å². The summed E-state index contributed by atoms with van der Waals surface area (Å²) >= 11 is 0. The van der Waals surface area contributed by atoms with E-state index in [0.29, 0.717) is 0 Å². The highest BCUT2D eigenvalue weighted by Crippen LogP contribution is 2.24. The Hall–Kier alpha value is -1.16. The number of nitrogens with zero attached hydrogens (tertiary/aromatic N) is 3. The molecule has 0 amide bonds. The zero-order chi connectivity index (χ0) is 13.7. The molecule has 2 atom stereocenters. The van der Waals surface area contributed by atoms with Crippen molar-refractivity contribution in [2.24, 2.45) is 11.8 Å². The van der Waals surface area contributed by atoms with Gasteiger partial charge in [0.15, 0.2) is 0 Å². The summed E-state index contributed by atoms with van der Waals surface area (Å²) in [6.07, 6.45) is 6.23. The fraction of sp³-hybridized carbons (Fsp3) is 0.733. The molecule has 0 saturated carbocycles. The Kier molecular flexibility index (Phi) is 5.14. The van der Waals surface area contributed by atoms with Crippen LogP contribution in [0.2, 0.25) is 0 Å². The van der Waals surface area contributed by atoms with Crippen molar-refractivity contribution in [3.63, 3.8) is 0 Å². The lowest BCUT2D eigenvalue weighted by Crippen LogP contribution is -2.39. The summed E-state index contributed by atoms with van der Waals surface area (Å²) in [5.74, 6) is 2.52. The molecule has 19 heavy (non-hydrogen) atoms. The molecule has 2 unspecified atom stereocenters. The second-order valence-corrected chi connectivity index (χ2v) is 5.90. The van der Waals surface area contributed by atoms with E-state index in [9.17, 15) is 0 Å². The van der Waals surface area contributed by atoms with Crippen LogP contribution in [0.4, 0.5) is 5.82 Å². The number of aromatic nitrogens is 2. The predicted molar refractivity (Wildman–Crippen MR) is 79.2 cm³/mol. The first-order valence-electron chi connectivity index (χ1n) is 7.45. The highest BCUT2D eigenvalue weighted by atomic mass is 15.2. The molecule has 0 aromatic carbocycles. The molecule has 1 fully saturated rings. The van der Waals surface area contributed by atoms with Gasteiger partial charge in [-0.05, 0) is 31.2 Å². The Balaban J connectivity index is 2.01. The summed E-state index contributed by atoms with van der Waals surface area (Å²) in [5, 5.41) is 3.38. The SMILES string of the molecule is CCCNCc1cncc(N2CC(C)CC(C)C2)n1. The van der Waals surface area contributed by atoms with Crippen molar-refractivity contribution >= 4 is 5.82 Å². The van der Waals surface area contributed by atoms with Crippen molar-refractivity contribution in [1.82, 2.24) is 15.3 Å². The molecular formula is C15H26N4. The van der Waals surface area contributed by atoms with Crippen molar-refractivity contribution in [2.45, 2.75) is 40.2 Å². The first kappa shape index (κ1) is 14.3. The summed E-state index contributed by atoms with van der Waals surface area (Å²) in [6.45, 7) is 10.9. The number of rotatable bonds is 5. The monoisotopic (exact) mass is 262 g/mol. The third-order valence-electron chi connectivity index (χ3n) is 3.60. The van der Waals surface area contributed by atoms with E-state index in [1.807, 2.05) is 12.4 Å². The first-order chi connectivity index (χ1) is 9.19. The molecule has 2 heterocycles. The Morgan fingerprint density at radius 1 is 1.26 bits per heavy atom. The van der Waals surface area contributed by atoms with Gasteiger partial charge in [-0.15, -0.1) is 0 Å². The van der Waals surface area contributed by atoms with E-state index in [1.165, 1.54) is 6.42 Å². The van der Waals surface area contributed by atoms with Gasteiger partial charge >= 0.3 is 0 Å². The Morgan fingerprint density at radius 2 is 2.00 bits per heavy atom. The maximum absolute atomic E-state index is 4.74. The fourth-order valence-corrected chi connectivity index (χ4v) is 2.88. The number of anilines is 1. The van der Waals surface area contributed by atoms with Gasteiger partial charge in [-0.1, -0.05) is 20.8 Å². The fourth-order valence-electron chi connectivity index (χ4n) is 2.88. The van der Waals surface area contributed by atoms with Crippen LogP contribution in [0.25, 0.3) is 0 Å². The molecule has 4 heteroatoms. The Bertz CT molecular complexity index is 383. The summed E-state index contributed by atoms with van der Waals surface area (Å²) < 4.78 is 0. The van der Waals surface area contributed by atoms with Crippen molar-refractivity contribution in [2.75, 3.05) is 24.5 Å². The van der Waals surface area contributed by atoms with Gasteiger partial charge in [-0.2, -0.15) is 0 Å². The number of hydrogen-bond acceptors (Lipinski definition) is 4. The number of hydrogen-bond donors (Lipinski definition) is 1. The van der Waals surface area contributed by atoms with Gasteiger partial charge in [-0.3, -0.25) is 4.98 Å². The van der Waals surface area contributed by atoms with Crippen molar-refractivity contribution in [3.05, 3.63) is 18.1 Å². The van der Waals surface area contributed by atoms with Gasteiger partial charge in [0.05, 0.1) is 11.9 Å². The highest BCUT2D eigenvalue weighted by Gasteiger charge is 2.22. The molecule has 1 aliphatic rings. The molecule has 4 nitrogen and oxygen atoms in total. The standard InChI is InChI=1S/C15H26N4/c1-4-5-16-7-14-8-17-9-15(18-14)19-10-12(2)6-13(3)11-19/h8-9,12-13,16H,4-7,10-11H2,1-3H3. The van der Waals surface area contributed by atoms with Crippen molar-refractivity contribution in [1.29, 1.82) is 0 Å². The molecule has 0 bridgehead atoms. The van der Waals surface area contributed by atoms with Crippen LogP contribution < -0.4 is 10.2 Å². The second-order valence-electron chi connectivity index (χ2n) is 5.90. The number of piperidine rings is 1. The quantitative estimate of drug-likeness (QED) is 0.828. The van der Waals surface area contributed by atoms with Crippen LogP contribution in [0.3, 0.4) is 0 Å². The van der Waals surface area contributed by atoms with Crippen LogP contribution in [0.1, 0.15) is 39.3 Å². The minimum absolute atomic E-state index is 0.743. The van der Waals surface area contributed by atoms with Crippen LogP contribution >= 0.6 is 0 Å². The maximum atomic E-state index is 4.74. The molecule has 0 radical (unpaired) electrons. The van der Waals surface area contributed by atoms with Crippen LogP contribution in [0.5, 0.6) is 0 Å². The molecule has 1 aromatic rings. The molecule has 0 spiro atoms. The van der Waals surface area contributed by atoms with Gasteiger partial charge in [0.25, 0.3) is 0 Å². The van der Waals surface area contributed by atoms with Crippen molar-refractivity contribution in [3.8, 4) is 0 Å². The Labute approximate surface area is 116 Å². The van der Waals surface area contributed by atoms with Gasteiger partial charge in [-0.25, -0.2) is 4.98 Å². The molecule has 106 valence electrons. The van der Waals surface area contributed by atoms with Crippen LogP contribution in [-0.4, -0.2) is 29.6 Å². The molecule has 1 aromatic heterocycles. The topological polar surface area (TPSA) is 41.1 Å². The maximum Gasteiger partial charge on any atom is 0.147 e. The van der Waals surface area contributed by atoms with E-state index in [0.717, 1.165) is 55.9 Å². The van der Waals surface area contributed by atoms with Crippen LogP contribution in [0.15, 0.2) is 12.4 Å². The third-order valence-corrected chi connectivity index (χ3v) is 3.60. The summed E-state index contributed by atoms with van der Waals surface area (Å²) in [7, 11) is 0. The molecule has 0 aliphatic carbocycles. The summed E-state index contributed by atoms with van der Waals surface area (Å²) in [5.41, 5.74) is 1.04. The molecule has 1 N–H and O–H groups in total. The lowest BCUT2D eigenvalue weighted by molar-refractivity contribution is 0.355. The van der Waals surface area contributed by atoms with Crippen LogP contribution in [0, 0.1) is 11.8 Å². The summed E-state index contributed by atoms with van der Waals surface area (Å²) in [6, 6.07) is 0. The highest BCUT2D eigenvalue weighted by molar-refractivity contribution is 5.37. The number of nitrogens with one attached hydrogen (secondary N) is 1. The van der Waals surface area contributed by atoms with Gasteiger partial charge < -0.3 is 10.2 Å². The van der Waals surface area contributed by atoms with E-state index in [1.54, 1.807) is 0 Å². The average molecular weight is 262 g/mol. The molecular weight excluding hydrogens is 236 g/mol. The minimum atomic E-state index is 0.743. The van der Waals surface area contributed by atoms with E-state index < -0.39 is 0 Å². The molecule has 1 saturated heterocycles. The van der Waals surface area contributed by atoms with Gasteiger partial charge in [0.1, 0.15) is 5.82 Å². The molecule has 1 aliphatic heterocycles. The zero-order valence-corrected chi connectivity index (χ0v) is 12.4. The zero-order valence-electron chi connectivity index (χ0n) is 12.4. The Morgan fingerprint density at radius 3 is 2.68 bits per heavy atom.